The Hall–Kier alpha value is -2.84. The van der Waals surface area contributed by atoms with Gasteiger partial charge in [-0.2, -0.15) is 0 Å². The maximum Gasteiger partial charge on any atom is 0.228 e. The van der Waals surface area contributed by atoms with Crippen molar-refractivity contribution in [2.45, 2.75) is 25.8 Å². The molecule has 1 amide bonds. The Bertz CT molecular complexity index is 1100. The van der Waals surface area contributed by atoms with Gasteiger partial charge in [-0.25, -0.2) is 14.4 Å². The number of fused-ring (bicyclic) bond motifs is 1. The summed E-state index contributed by atoms with van der Waals surface area (Å²) in [6.45, 7) is 3.98. The molecule has 166 valence electrons. The second kappa shape index (κ2) is 9.34. The zero-order valence-electron chi connectivity index (χ0n) is 17.8. The average molecular weight is 453 g/mol. The fourth-order valence-corrected chi connectivity index (χ4v) is 4.97. The maximum atomic E-state index is 13.7. The van der Waals surface area contributed by atoms with Crippen LogP contribution in [0.2, 0.25) is 0 Å². The predicted molar refractivity (Wildman–Crippen MR) is 121 cm³/mol. The molecule has 0 saturated carbocycles. The summed E-state index contributed by atoms with van der Waals surface area (Å²) < 4.78 is 19.2. The van der Waals surface area contributed by atoms with Crippen LogP contribution in [-0.2, 0) is 35.3 Å². The molecule has 0 spiro atoms. The van der Waals surface area contributed by atoms with Gasteiger partial charge in [-0.05, 0) is 29.1 Å². The monoisotopic (exact) mass is 452 g/mol. The number of ether oxygens (including phenoxy) is 1. The minimum Gasteiger partial charge on any atom is -0.378 e. The Balaban J connectivity index is 1.43. The number of aromatic nitrogens is 2. The number of carbonyl (C=O) groups excluding carboxylic acids is 1. The van der Waals surface area contributed by atoms with Gasteiger partial charge in [-0.1, -0.05) is 18.2 Å². The van der Waals surface area contributed by atoms with Crippen LogP contribution in [0.15, 0.2) is 41.8 Å². The van der Waals surface area contributed by atoms with E-state index in [0.29, 0.717) is 51.4 Å². The Morgan fingerprint density at radius 3 is 2.78 bits per heavy atom. The number of anilines is 1. The van der Waals surface area contributed by atoms with E-state index < -0.39 is 0 Å². The van der Waals surface area contributed by atoms with Gasteiger partial charge in [0, 0.05) is 42.9 Å². The Kier molecular flexibility index (Phi) is 6.14. The van der Waals surface area contributed by atoms with Crippen LogP contribution >= 0.6 is 11.3 Å². The van der Waals surface area contributed by atoms with Gasteiger partial charge in [0.1, 0.15) is 17.5 Å². The number of benzene rings is 1. The van der Waals surface area contributed by atoms with E-state index in [4.69, 9.17) is 14.7 Å². The molecule has 2 aromatic heterocycles. The highest BCUT2D eigenvalue weighted by atomic mass is 32.1. The average Bonchev–Trinajstić information content (AvgIpc) is 3.32. The second-order valence-electron chi connectivity index (χ2n) is 8.12. The number of rotatable bonds is 5. The van der Waals surface area contributed by atoms with Crippen LogP contribution in [-0.4, -0.2) is 53.6 Å². The third kappa shape index (κ3) is 4.66. The van der Waals surface area contributed by atoms with Gasteiger partial charge in [0.25, 0.3) is 0 Å². The first kappa shape index (κ1) is 21.0. The van der Waals surface area contributed by atoms with Crippen LogP contribution in [0.1, 0.15) is 27.5 Å². The quantitative estimate of drug-likeness (QED) is 0.595. The third-order valence-electron chi connectivity index (χ3n) is 5.90. The number of hydrogen-bond donors (Lipinski definition) is 0. The SMILES string of the molecule is O=C(Cc1cccs1)N1CCc2nc(Cc3cccc(F)c3)nc(N3CCOCC3)c2C1. The molecule has 8 heteroatoms. The summed E-state index contributed by atoms with van der Waals surface area (Å²) in [5, 5.41) is 2.00. The number of thiophene rings is 1. The first-order chi connectivity index (χ1) is 15.7. The van der Waals surface area contributed by atoms with Crippen molar-refractivity contribution in [2.24, 2.45) is 0 Å². The molecule has 0 atom stereocenters. The molecular weight excluding hydrogens is 427 g/mol. The smallest absolute Gasteiger partial charge is 0.228 e. The fraction of sp³-hybridized carbons (Fsp3) is 0.375. The van der Waals surface area contributed by atoms with Crippen molar-refractivity contribution in [2.75, 3.05) is 37.7 Å². The summed E-state index contributed by atoms with van der Waals surface area (Å²) in [5.41, 5.74) is 2.87. The van der Waals surface area contributed by atoms with Crippen molar-refractivity contribution in [3.63, 3.8) is 0 Å². The molecule has 3 aromatic rings. The molecule has 0 radical (unpaired) electrons. The Morgan fingerprint density at radius 2 is 2.00 bits per heavy atom. The molecule has 2 aliphatic rings. The lowest BCUT2D eigenvalue weighted by Crippen LogP contribution is -2.41. The zero-order chi connectivity index (χ0) is 21.9. The lowest BCUT2D eigenvalue weighted by atomic mass is 10.0. The minimum atomic E-state index is -0.256. The zero-order valence-corrected chi connectivity index (χ0v) is 18.6. The predicted octanol–water partition coefficient (Wildman–Crippen LogP) is 3.23. The number of hydrogen-bond acceptors (Lipinski definition) is 6. The van der Waals surface area contributed by atoms with E-state index in [1.54, 1.807) is 17.4 Å². The van der Waals surface area contributed by atoms with E-state index >= 15 is 0 Å². The van der Waals surface area contributed by atoms with Crippen LogP contribution in [0.3, 0.4) is 0 Å². The maximum absolute atomic E-state index is 13.7. The number of carbonyl (C=O) groups is 1. The van der Waals surface area contributed by atoms with Gasteiger partial charge in [0.05, 0.1) is 31.9 Å². The topological polar surface area (TPSA) is 58.6 Å². The molecule has 1 aromatic carbocycles. The van der Waals surface area contributed by atoms with Gasteiger partial charge >= 0.3 is 0 Å². The molecule has 0 unspecified atom stereocenters. The van der Waals surface area contributed by atoms with Crippen molar-refractivity contribution < 1.29 is 13.9 Å². The highest BCUT2D eigenvalue weighted by Crippen LogP contribution is 2.28. The van der Waals surface area contributed by atoms with E-state index in [9.17, 15) is 9.18 Å². The summed E-state index contributed by atoms with van der Waals surface area (Å²) in [6.07, 6.45) is 1.60. The molecule has 4 heterocycles. The fourth-order valence-electron chi connectivity index (χ4n) is 4.28. The van der Waals surface area contributed by atoms with Gasteiger partial charge in [-0.3, -0.25) is 4.79 Å². The Labute approximate surface area is 190 Å². The van der Waals surface area contributed by atoms with Crippen molar-refractivity contribution in [1.82, 2.24) is 14.9 Å². The van der Waals surface area contributed by atoms with Crippen molar-refractivity contribution in [3.8, 4) is 0 Å². The van der Waals surface area contributed by atoms with E-state index in [1.807, 2.05) is 28.5 Å². The highest BCUT2D eigenvalue weighted by Gasteiger charge is 2.28. The lowest BCUT2D eigenvalue weighted by molar-refractivity contribution is -0.131. The summed E-state index contributed by atoms with van der Waals surface area (Å²) in [6, 6.07) is 10.6. The van der Waals surface area contributed by atoms with E-state index in [-0.39, 0.29) is 11.7 Å². The normalized spacial score (nSPS) is 16.2. The summed E-state index contributed by atoms with van der Waals surface area (Å²) in [4.78, 5) is 27.9. The highest BCUT2D eigenvalue weighted by molar-refractivity contribution is 7.10. The van der Waals surface area contributed by atoms with E-state index in [2.05, 4.69) is 4.90 Å². The molecule has 5 rings (SSSR count). The summed E-state index contributed by atoms with van der Waals surface area (Å²) >= 11 is 1.61. The summed E-state index contributed by atoms with van der Waals surface area (Å²) in [5.74, 6) is 1.45. The van der Waals surface area contributed by atoms with Crippen LogP contribution < -0.4 is 4.90 Å². The molecule has 2 aliphatic heterocycles. The molecular formula is C24H25FN4O2S. The van der Waals surface area contributed by atoms with E-state index in [1.165, 1.54) is 12.1 Å². The van der Waals surface area contributed by atoms with Crippen molar-refractivity contribution >= 4 is 23.1 Å². The number of amides is 1. The Morgan fingerprint density at radius 1 is 1.12 bits per heavy atom. The molecule has 0 bridgehead atoms. The standard InChI is InChI=1S/C24H25FN4O2S/c25-18-4-1-3-17(13-18)14-22-26-21-6-7-29(23(30)15-19-5-2-12-32-19)16-20(21)24(27-22)28-8-10-31-11-9-28/h1-5,12-13H,6-11,14-16H2. The van der Waals surface area contributed by atoms with Gasteiger partial charge in [-0.15, -0.1) is 11.3 Å². The van der Waals surface area contributed by atoms with Gasteiger partial charge in [0.15, 0.2) is 0 Å². The lowest BCUT2D eigenvalue weighted by Gasteiger charge is -2.34. The first-order valence-corrected chi connectivity index (χ1v) is 11.8. The number of halogens is 1. The van der Waals surface area contributed by atoms with E-state index in [0.717, 1.165) is 40.6 Å². The minimum absolute atomic E-state index is 0.134. The van der Waals surface area contributed by atoms with Crippen LogP contribution in [0, 0.1) is 5.82 Å². The number of morpholine rings is 1. The summed E-state index contributed by atoms with van der Waals surface area (Å²) in [7, 11) is 0. The van der Waals surface area contributed by atoms with Gasteiger partial charge in [0.2, 0.25) is 5.91 Å². The second-order valence-corrected chi connectivity index (χ2v) is 9.15. The first-order valence-electron chi connectivity index (χ1n) is 10.9. The van der Waals surface area contributed by atoms with Crippen LogP contribution in [0.5, 0.6) is 0 Å². The largest absolute Gasteiger partial charge is 0.378 e. The molecule has 32 heavy (non-hydrogen) atoms. The van der Waals surface area contributed by atoms with Crippen molar-refractivity contribution in [3.05, 3.63) is 75.1 Å². The molecule has 0 N–H and O–H groups in total. The van der Waals surface area contributed by atoms with Crippen LogP contribution in [0.4, 0.5) is 10.2 Å². The van der Waals surface area contributed by atoms with Crippen molar-refractivity contribution in [1.29, 1.82) is 0 Å². The third-order valence-corrected chi connectivity index (χ3v) is 6.78. The number of nitrogens with zero attached hydrogens (tertiary/aromatic N) is 4. The van der Waals surface area contributed by atoms with Crippen LogP contribution in [0.25, 0.3) is 0 Å². The molecule has 1 fully saturated rings. The molecule has 0 aliphatic carbocycles. The van der Waals surface area contributed by atoms with Gasteiger partial charge < -0.3 is 14.5 Å². The molecule has 1 saturated heterocycles. The molecule has 6 nitrogen and oxygen atoms in total.